The Morgan fingerprint density at radius 2 is 1.64 bits per heavy atom. The minimum atomic E-state index is -0.341. The molecule has 1 aliphatic rings. The second-order valence-electron chi connectivity index (χ2n) is 6.96. The Hall–Kier alpha value is -2.53. The van der Waals surface area contributed by atoms with Crippen LogP contribution in [0.4, 0.5) is 4.79 Å². The van der Waals surface area contributed by atoms with Crippen molar-refractivity contribution in [2.75, 3.05) is 0 Å². The molecule has 1 saturated heterocycles. The van der Waals surface area contributed by atoms with Gasteiger partial charge in [0.1, 0.15) is 5.75 Å². The molecule has 2 aromatic carbocycles. The van der Waals surface area contributed by atoms with Gasteiger partial charge in [-0.1, -0.05) is 51.1 Å². The second-order valence-corrected chi connectivity index (χ2v) is 7.91. The zero-order chi connectivity index (χ0) is 18.2. The number of hydrogen-bond acceptors (Lipinski definition) is 4. The number of benzene rings is 2. The van der Waals surface area contributed by atoms with Crippen LogP contribution in [0.25, 0.3) is 17.2 Å². The first-order chi connectivity index (χ1) is 11.7. The molecule has 1 fully saturated rings. The van der Waals surface area contributed by atoms with Crippen molar-refractivity contribution in [1.82, 2.24) is 5.32 Å². The number of aromatic hydroxyl groups is 1. The van der Waals surface area contributed by atoms with Crippen LogP contribution in [0, 0.1) is 0 Å². The summed E-state index contributed by atoms with van der Waals surface area (Å²) in [6.45, 7) is 6.18. The minimum absolute atomic E-state index is 0.150. The molecule has 0 saturated carbocycles. The molecule has 0 bridgehead atoms. The lowest BCUT2D eigenvalue weighted by Gasteiger charge is -2.21. The topological polar surface area (TPSA) is 66.4 Å². The quantitative estimate of drug-likeness (QED) is 0.769. The van der Waals surface area contributed by atoms with E-state index in [1.807, 2.05) is 36.4 Å². The molecule has 25 heavy (non-hydrogen) atoms. The van der Waals surface area contributed by atoms with E-state index in [0.717, 1.165) is 22.3 Å². The highest BCUT2D eigenvalue weighted by molar-refractivity contribution is 8.27. The third-order valence-corrected chi connectivity index (χ3v) is 4.69. The van der Waals surface area contributed by atoms with E-state index in [1.54, 1.807) is 12.1 Å². The molecular formula is C20H19NO3S. The third-order valence-electron chi connectivity index (χ3n) is 4.00. The molecule has 3 rings (SSSR count). The van der Waals surface area contributed by atoms with E-state index >= 15 is 0 Å². The molecule has 1 heterocycles. The standard InChI is InChI=1S/C20H19NO3S/c1-20(2,3)15-11-14(8-9-17(15)22)13-6-4-12(5-7-13)10-16-18(23)25-19(24)21-16/h4-11,22H,1-3H3,(H,21,24). The molecule has 1 aliphatic heterocycles. The number of nitrogens with one attached hydrogen (secondary N) is 1. The van der Waals surface area contributed by atoms with Gasteiger partial charge in [0, 0.05) is 11.8 Å². The van der Waals surface area contributed by atoms with Crippen LogP contribution in [0.15, 0.2) is 48.2 Å². The van der Waals surface area contributed by atoms with E-state index < -0.39 is 0 Å². The van der Waals surface area contributed by atoms with E-state index in [0.29, 0.717) is 23.2 Å². The van der Waals surface area contributed by atoms with Crippen molar-refractivity contribution in [3.63, 3.8) is 0 Å². The molecule has 2 aromatic rings. The molecule has 4 nitrogen and oxygen atoms in total. The Bertz CT molecular complexity index is 877. The van der Waals surface area contributed by atoms with Gasteiger partial charge < -0.3 is 10.4 Å². The maximum atomic E-state index is 11.6. The summed E-state index contributed by atoms with van der Waals surface area (Å²) in [5.41, 5.74) is 3.93. The first-order valence-corrected chi connectivity index (χ1v) is 8.74. The monoisotopic (exact) mass is 353 g/mol. The van der Waals surface area contributed by atoms with Gasteiger partial charge in [-0.05, 0) is 45.9 Å². The fourth-order valence-electron chi connectivity index (χ4n) is 2.68. The number of phenols is 1. The number of carbonyl (C=O) groups excluding carboxylic acids is 2. The number of hydrogen-bond donors (Lipinski definition) is 2. The van der Waals surface area contributed by atoms with Gasteiger partial charge in [-0.15, -0.1) is 0 Å². The summed E-state index contributed by atoms with van der Waals surface area (Å²) in [4.78, 5) is 22.8. The summed E-state index contributed by atoms with van der Waals surface area (Å²) in [5, 5.41) is 12.0. The van der Waals surface area contributed by atoms with Gasteiger partial charge in [-0.25, -0.2) is 0 Å². The average Bonchev–Trinajstić information content (AvgIpc) is 2.85. The summed E-state index contributed by atoms with van der Waals surface area (Å²) < 4.78 is 0. The van der Waals surface area contributed by atoms with Crippen molar-refractivity contribution in [2.24, 2.45) is 0 Å². The molecule has 0 aromatic heterocycles. The van der Waals surface area contributed by atoms with Crippen molar-refractivity contribution in [3.8, 4) is 16.9 Å². The Kier molecular flexibility index (Phi) is 4.43. The maximum Gasteiger partial charge on any atom is 0.291 e. The van der Waals surface area contributed by atoms with E-state index in [4.69, 9.17) is 0 Å². The fourth-order valence-corrected chi connectivity index (χ4v) is 3.22. The number of thioether (sulfide) groups is 1. The predicted octanol–water partition coefficient (Wildman–Crippen LogP) is 4.68. The number of phenolic OH excluding ortho intramolecular Hbond substituents is 1. The lowest BCUT2D eigenvalue weighted by Crippen LogP contribution is -2.11. The van der Waals surface area contributed by atoms with Crippen LogP contribution in [0.5, 0.6) is 5.75 Å². The van der Waals surface area contributed by atoms with Crippen molar-refractivity contribution in [3.05, 3.63) is 59.3 Å². The molecular weight excluding hydrogens is 334 g/mol. The Morgan fingerprint density at radius 1 is 1.00 bits per heavy atom. The van der Waals surface area contributed by atoms with E-state index in [-0.39, 0.29) is 15.8 Å². The van der Waals surface area contributed by atoms with E-state index in [1.165, 1.54) is 0 Å². The highest BCUT2D eigenvalue weighted by Gasteiger charge is 2.25. The van der Waals surface area contributed by atoms with Crippen LogP contribution in [0.3, 0.4) is 0 Å². The molecule has 0 unspecified atom stereocenters. The maximum absolute atomic E-state index is 11.6. The van der Waals surface area contributed by atoms with Crippen LogP contribution >= 0.6 is 11.8 Å². The number of rotatable bonds is 2. The van der Waals surface area contributed by atoms with Gasteiger partial charge in [0.2, 0.25) is 5.12 Å². The minimum Gasteiger partial charge on any atom is -0.508 e. The first-order valence-electron chi connectivity index (χ1n) is 7.93. The van der Waals surface area contributed by atoms with Crippen LogP contribution in [0.2, 0.25) is 0 Å². The van der Waals surface area contributed by atoms with Crippen molar-refractivity contribution in [1.29, 1.82) is 0 Å². The predicted molar refractivity (Wildman–Crippen MR) is 101 cm³/mol. The molecule has 1 amide bonds. The largest absolute Gasteiger partial charge is 0.508 e. The summed E-state index contributed by atoms with van der Waals surface area (Å²) in [7, 11) is 0. The number of carbonyl (C=O) groups is 2. The Labute approximate surface area is 151 Å². The molecule has 0 atom stereocenters. The van der Waals surface area contributed by atoms with Gasteiger partial charge in [0.25, 0.3) is 5.24 Å². The molecule has 5 heteroatoms. The third kappa shape index (κ3) is 3.77. The number of amides is 1. The summed E-state index contributed by atoms with van der Waals surface area (Å²) >= 11 is 0.672. The lowest BCUT2D eigenvalue weighted by molar-refractivity contribution is -0.107. The van der Waals surface area contributed by atoms with Crippen LogP contribution < -0.4 is 5.32 Å². The van der Waals surface area contributed by atoms with Gasteiger partial charge >= 0.3 is 0 Å². The Morgan fingerprint density at radius 3 is 2.20 bits per heavy atom. The first kappa shape index (κ1) is 17.3. The zero-order valence-corrected chi connectivity index (χ0v) is 15.1. The smallest absolute Gasteiger partial charge is 0.291 e. The summed E-state index contributed by atoms with van der Waals surface area (Å²) in [6, 6.07) is 13.3. The van der Waals surface area contributed by atoms with Gasteiger partial charge in [-0.3, -0.25) is 9.59 Å². The highest BCUT2D eigenvalue weighted by Crippen LogP contribution is 2.34. The molecule has 2 N–H and O–H groups in total. The van der Waals surface area contributed by atoms with Crippen molar-refractivity contribution >= 4 is 28.2 Å². The van der Waals surface area contributed by atoms with E-state index in [2.05, 4.69) is 26.1 Å². The molecule has 0 radical (unpaired) electrons. The van der Waals surface area contributed by atoms with Crippen molar-refractivity contribution in [2.45, 2.75) is 26.2 Å². The highest BCUT2D eigenvalue weighted by atomic mass is 32.2. The lowest BCUT2D eigenvalue weighted by atomic mass is 9.84. The van der Waals surface area contributed by atoms with E-state index in [9.17, 15) is 14.7 Å². The zero-order valence-electron chi connectivity index (χ0n) is 14.3. The Balaban J connectivity index is 1.90. The van der Waals surface area contributed by atoms with Crippen LogP contribution in [-0.4, -0.2) is 15.5 Å². The summed E-state index contributed by atoms with van der Waals surface area (Å²) in [6.07, 6.45) is 1.67. The summed E-state index contributed by atoms with van der Waals surface area (Å²) in [5.74, 6) is 0.297. The average molecular weight is 353 g/mol. The molecule has 0 aliphatic carbocycles. The SMILES string of the molecule is CC(C)(C)c1cc(-c2ccc(C=C3NC(=O)SC3=O)cc2)ccc1O. The fraction of sp³-hybridized carbons (Fsp3) is 0.200. The van der Waals surface area contributed by atoms with Gasteiger partial charge in [0.05, 0.1) is 5.70 Å². The molecule has 128 valence electrons. The molecule has 0 spiro atoms. The van der Waals surface area contributed by atoms with Crippen LogP contribution in [0.1, 0.15) is 31.9 Å². The second kappa shape index (κ2) is 6.41. The van der Waals surface area contributed by atoms with Gasteiger partial charge in [-0.2, -0.15) is 0 Å². The van der Waals surface area contributed by atoms with Gasteiger partial charge in [0.15, 0.2) is 0 Å². The van der Waals surface area contributed by atoms with Crippen LogP contribution in [-0.2, 0) is 10.2 Å². The normalized spacial score (nSPS) is 16.4. The van der Waals surface area contributed by atoms with Crippen molar-refractivity contribution < 1.29 is 14.7 Å².